The van der Waals surface area contributed by atoms with Gasteiger partial charge < -0.3 is 15.7 Å². The number of hydrogen-bond acceptors (Lipinski definition) is 3. The third-order valence-corrected chi connectivity index (χ3v) is 3.50. The molecule has 0 aromatic heterocycles. The monoisotopic (exact) mass is 242 g/mol. The molecule has 1 aliphatic heterocycles. The molecule has 17 heavy (non-hydrogen) atoms. The maximum absolute atomic E-state index is 11.9. The Morgan fingerprint density at radius 1 is 1.35 bits per heavy atom. The molecule has 1 saturated heterocycles. The van der Waals surface area contributed by atoms with Crippen molar-refractivity contribution in [1.82, 2.24) is 4.90 Å². The molecule has 1 aliphatic rings. The van der Waals surface area contributed by atoms with Crippen molar-refractivity contribution < 1.29 is 9.90 Å². The zero-order valence-electron chi connectivity index (χ0n) is 10.7. The lowest BCUT2D eigenvalue weighted by atomic mass is 9.95. The highest BCUT2D eigenvalue weighted by molar-refractivity contribution is 5.76. The molecule has 1 amide bonds. The minimum absolute atomic E-state index is 0.239. The van der Waals surface area contributed by atoms with E-state index in [4.69, 9.17) is 10.8 Å². The van der Waals surface area contributed by atoms with E-state index in [1.165, 1.54) is 0 Å². The van der Waals surface area contributed by atoms with E-state index in [1.54, 1.807) is 0 Å². The first kappa shape index (κ1) is 14.5. The van der Waals surface area contributed by atoms with Crippen LogP contribution in [0.1, 0.15) is 44.9 Å². The Hall–Kier alpha value is -0.610. The van der Waals surface area contributed by atoms with Crippen LogP contribution >= 0.6 is 0 Å². The Balaban J connectivity index is 2.21. The van der Waals surface area contributed by atoms with Crippen molar-refractivity contribution in [3.05, 3.63) is 0 Å². The molecule has 0 aliphatic carbocycles. The summed E-state index contributed by atoms with van der Waals surface area (Å²) in [6, 6.07) is 0. The summed E-state index contributed by atoms with van der Waals surface area (Å²) >= 11 is 0. The molecule has 4 heteroatoms. The molecule has 0 aromatic carbocycles. The van der Waals surface area contributed by atoms with E-state index in [1.807, 2.05) is 4.90 Å². The zero-order valence-corrected chi connectivity index (χ0v) is 10.7. The van der Waals surface area contributed by atoms with Crippen LogP contribution in [0.15, 0.2) is 0 Å². The van der Waals surface area contributed by atoms with Gasteiger partial charge in [-0.25, -0.2) is 0 Å². The van der Waals surface area contributed by atoms with Crippen molar-refractivity contribution in [2.45, 2.75) is 44.9 Å². The standard InChI is InChI=1S/C13H26N2O2/c14-8-3-1-2-6-13(17)15-9-4-5-12(11-15)7-10-16/h12,16H,1-11,14H2. The lowest BCUT2D eigenvalue weighted by molar-refractivity contribution is -0.133. The Bertz CT molecular complexity index is 219. The van der Waals surface area contributed by atoms with Crippen molar-refractivity contribution in [2.24, 2.45) is 11.7 Å². The second kappa shape index (κ2) is 8.48. The predicted molar refractivity (Wildman–Crippen MR) is 68.5 cm³/mol. The van der Waals surface area contributed by atoms with Gasteiger partial charge in [0.05, 0.1) is 0 Å². The first-order valence-electron chi connectivity index (χ1n) is 6.86. The third kappa shape index (κ3) is 5.50. The molecule has 0 bridgehead atoms. The Morgan fingerprint density at radius 2 is 2.18 bits per heavy atom. The highest BCUT2D eigenvalue weighted by atomic mass is 16.3. The molecule has 0 saturated carbocycles. The zero-order chi connectivity index (χ0) is 12.5. The second-order valence-electron chi connectivity index (χ2n) is 4.96. The van der Waals surface area contributed by atoms with E-state index >= 15 is 0 Å². The highest BCUT2D eigenvalue weighted by Gasteiger charge is 2.22. The van der Waals surface area contributed by atoms with Gasteiger partial charge in [-0.1, -0.05) is 6.42 Å². The van der Waals surface area contributed by atoms with E-state index in [0.29, 0.717) is 12.3 Å². The van der Waals surface area contributed by atoms with Crippen LogP contribution in [0.3, 0.4) is 0 Å². The molecule has 100 valence electrons. The molecule has 1 heterocycles. The molecule has 1 atom stereocenters. The molecule has 1 rings (SSSR count). The molecular weight excluding hydrogens is 216 g/mol. The maximum atomic E-state index is 11.9. The number of hydrogen-bond donors (Lipinski definition) is 2. The highest BCUT2D eigenvalue weighted by Crippen LogP contribution is 2.20. The van der Waals surface area contributed by atoms with E-state index in [0.717, 1.165) is 58.2 Å². The van der Waals surface area contributed by atoms with Gasteiger partial charge in [0.25, 0.3) is 0 Å². The topological polar surface area (TPSA) is 66.6 Å². The van der Waals surface area contributed by atoms with Crippen molar-refractivity contribution >= 4 is 5.91 Å². The third-order valence-electron chi connectivity index (χ3n) is 3.50. The van der Waals surface area contributed by atoms with Crippen LogP contribution < -0.4 is 5.73 Å². The van der Waals surface area contributed by atoms with Crippen LogP contribution in [-0.2, 0) is 4.79 Å². The van der Waals surface area contributed by atoms with Crippen molar-refractivity contribution in [3.63, 3.8) is 0 Å². The summed E-state index contributed by atoms with van der Waals surface area (Å²) < 4.78 is 0. The largest absolute Gasteiger partial charge is 0.396 e. The van der Waals surface area contributed by atoms with Gasteiger partial charge in [-0.3, -0.25) is 4.79 Å². The summed E-state index contributed by atoms with van der Waals surface area (Å²) in [4.78, 5) is 13.9. The normalized spacial score (nSPS) is 20.6. The summed E-state index contributed by atoms with van der Waals surface area (Å²) in [5.74, 6) is 0.784. The first-order valence-corrected chi connectivity index (χ1v) is 6.86. The van der Waals surface area contributed by atoms with Crippen molar-refractivity contribution in [3.8, 4) is 0 Å². The minimum Gasteiger partial charge on any atom is -0.396 e. The molecular formula is C13H26N2O2. The van der Waals surface area contributed by atoms with E-state index in [9.17, 15) is 4.79 Å². The molecule has 1 unspecified atom stereocenters. The van der Waals surface area contributed by atoms with Crippen LogP contribution in [-0.4, -0.2) is 42.2 Å². The van der Waals surface area contributed by atoms with Crippen LogP contribution in [0.25, 0.3) is 0 Å². The van der Waals surface area contributed by atoms with E-state index in [2.05, 4.69) is 0 Å². The Kier molecular flexibility index (Phi) is 7.21. The quantitative estimate of drug-likeness (QED) is 0.658. The molecule has 4 nitrogen and oxygen atoms in total. The number of rotatable bonds is 7. The minimum atomic E-state index is 0.239. The maximum Gasteiger partial charge on any atom is 0.222 e. The van der Waals surface area contributed by atoms with Crippen LogP contribution in [0, 0.1) is 5.92 Å². The number of unbranched alkanes of at least 4 members (excludes halogenated alkanes) is 2. The van der Waals surface area contributed by atoms with Gasteiger partial charge in [0.2, 0.25) is 5.91 Å². The number of amides is 1. The van der Waals surface area contributed by atoms with Gasteiger partial charge in [-0.15, -0.1) is 0 Å². The van der Waals surface area contributed by atoms with Gasteiger partial charge in [0.15, 0.2) is 0 Å². The second-order valence-corrected chi connectivity index (χ2v) is 4.96. The molecule has 3 N–H and O–H groups in total. The van der Waals surface area contributed by atoms with Crippen LogP contribution in [0.2, 0.25) is 0 Å². The van der Waals surface area contributed by atoms with Crippen molar-refractivity contribution in [2.75, 3.05) is 26.2 Å². The van der Waals surface area contributed by atoms with Crippen LogP contribution in [0.5, 0.6) is 0 Å². The fourth-order valence-corrected chi connectivity index (χ4v) is 2.47. The average molecular weight is 242 g/mol. The molecule has 0 spiro atoms. The number of carbonyl (C=O) groups is 1. The lowest BCUT2D eigenvalue weighted by Gasteiger charge is -2.32. The molecule has 0 radical (unpaired) electrons. The SMILES string of the molecule is NCCCCCC(=O)N1CCCC(CCO)C1. The summed E-state index contributed by atoms with van der Waals surface area (Å²) in [7, 11) is 0. The number of nitrogens with two attached hydrogens (primary N) is 1. The van der Waals surface area contributed by atoms with Gasteiger partial charge in [0.1, 0.15) is 0 Å². The van der Waals surface area contributed by atoms with Gasteiger partial charge in [0, 0.05) is 26.1 Å². The first-order chi connectivity index (χ1) is 8.27. The summed E-state index contributed by atoms with van der Waals surface area (Å²) in [5, 5.41) is 8.93. The number of aliphatic hydroxyl groups excluding tert-OH is 1. The summed E-state index contributed by atoms with van der Waals surface area (Å²) in [5.41, 5.74) is 5.42. The summed E-state index contributed by atoms with van der Waals surface area (Å²) in [6.07, 6.45) is 6.74. The van der Waals surface area contributed by atoms with Crippen LogP contribution in [0.4, 0.5) is 0 Å². The van der Waals surface area contributed by atoms with Gasteiger partial charge in [-0.2, -0.15) is 0 Å². The number of piperidine rings is 1. The average Bonchev–Trinajstić information content (AvgIpc) is 2.35. The fourth-order valence-electron chi connectivity index (χ4n) is 2.47. The number of likely N-dealkylation sites (tertiary alicyclic amines) is 1. The number of carbonyl (C=O) groups excluding carboxylic acids is 1. The van der Waals surface area contributed by atoms with Crippen molar-refractivity contribution in [1.29, 1.82) is 0 Å². The van der Waals surface area contributed by atoms with Gasteiger partial charge in [-0.05, 0) is 44.6 Å². The van der Waals surface area contributed by atoms with Gasteiger partial charge >= 0.3 is 0 Å². The lowest BCUT2D eigenvalue weighted by Crippen LogP contribution is -2.40. The Morgan fingerprint density at radius 3 is 2.88 bits per heavy atom. The predicted octanol–water partition coefficient (Wildman–Crippen LogP) is 1.13. The molecule has 0 aromatic rings. The summed E-state index contributed by atoms with van der Waals surface area (Å²) in [6.45, 7) is 2.70. The van der Waals surface area contributed by atoms with E-state index in [-0.39, 0.29) is 12.5 Å². The number of nitrogens with zero attached hydrogens (tertiary/aromatic N) is 1. The fraction of sp³-hybridized carbons (Fsp3) is 0.923. The number of aliphatic hydroxyl groups is 1. The molecule has 1 fully saturated rings. The smallest absolute Gasteiger partial charge is 0.222 e. The Labute approximate surface area is 104 Å². The van der Waals surface area contributed by atoms with E-state index < -0.39 is 0 Å².